The normalized spacial score (nSPS) is 34.1. The first kappa shape index (κ1) is 23.1. The van der Waals surface area contributed by atoms with Crippen LogP contribution in [-0.2, 0) is 6.54 Å². The molecule has 1 aromatic carbocycles. The van der Waals surface area contributed by atoms with Gasteiger partial charge in [-0.05, 0) is 80.1 Å². The molecule has 31 heavy (non-hydrogen) atoms. The lowest BCUT2D eigenvalue weighted by Crippen LogP contribution is -2.55. The molecule has 2 aliphatic carbocycles. The predicted molar refractivity (Wildman–Crippen MR) is 127 cm³/mol. The zero-order valence-corrected chi connectivity index (χ0v) is 19.6. The number of nitrogens with one attached hydrogen (secondary N) is 2. The fourth-order valence-electron chi connectivity index (χ4n) is 6.74. The average Bonchev–Trinajstić information content (AvgIpc) is 2.78. The third kappa shape index (κ3) is 5.12. The Labute approximate surface area is 193 Å². The van der Waals surface area contributed by atoms with E-state index in [0.29, 0.717) is 22.0 Å². The minimum absolute atomic E-state index is 0. The molecule has 6 rings (SSSR count). The summed E-state index contributed by atoms with van der Waals surface area (Å²) in [5.74, 6) is 1.68. The number of amides is 1. The molecule has 5 fully saturated rings. The maximum absolute atomic E-state index is 13.0. The zero-order valence-electron chi connectivity index (χ0n) is 18.8. The molecule has 170 valence electrons. The highest BCUT2D eigenvalue weighted by Crippen LogP contribution is 2.48. The quantitative estimate of drug-likeness (QED) is 0.654. The smallest absolute Gasteiger partial charge is 0.252 e. The van der Waals surface area contributed by atoms with Crippen molar-refractivity contribution in [2.24, 2.45) is 17.3 Å². The van der Waals surface area contributed by atoms with E-state index in [0.717, 1.165) is 37.0 Å². The topological polar surface area (TPSA) is 44.4 Å². The molecule has 1 amide bonds. The van der Waals surface area contributed by atoms with E-state index in [1.54, 1.807) is 0 Å². The number of benzene rings is 1. The summed E-state index contributed by atoms with van der Waals surface area (Å²) in [5, 5.41) is 7.57. The zero-order chi connectivity index (χ0) is 20.6. The van der Waals surface area contributed by atoms with Crippen LogP contribution >= 0.6 is 11.6 Å². The summed E-state index contributed by atoms with van der Waals surface area (Å²) < 4.78 is 0. The van der Waals surface area contributed by atoms with Gasteiger partial charge < -0.3 is 15.5 Å². The highest BCUT2D eigenvalue weighted by atomic mass is 35.5. The van der Waals surface area contributed by atoms with Crippen LogP contribution < -0.4 is 10.6 Å². The van der Waals surface area contributed by atoms with Crippen LogP contribution in [0.3, 0.4) is 0 Å². The summed E-state index contributed by atoms with van der Waals surface area (Å²) in [6, 6.07) is 6.51. The van der Waals surface area contributed by atoms with E-state index in [1.165, 1.54) is 70.9 Å². The third-order valence-electron chi connectivity index (χ3n) is 8.48. The van der Waals surface area contributed by atoms with Crippen molar-refractivity contribution >= 4 is 17.5 Å². The Morgan fingerprint density at radius 1 is 1.13 bits per heavy atom. The molecule has 1 unspecified atom stereocenters. The molecular formula is C26H38ClN3O. The van der Waals surface area contributed by atoms with Crippen LogP contribution in [0.15, 0.2) is 18.2 Å². The largest absolute Gasteiger partial charge is 0.351 e. The first-order chi connectivity index (χ1) is 14.6. The number of carbonyl (C=O) groups excluding carboxylic acids is 1. The molecule has 0 spiro atoms. The Hall–Kier alpha value is -1.10. The Kier molecular flexibility index (Phi) is 7.30. The van der Waals surface area contributed by atoms with Crippen molar-refractivity contribution in [1.82, 2.24) is 15.5 Å². The van der Waals surface area contributed by atoms with Gasteiger partial charge in [0.05, 0.1) is 10.6 Å². The molecule has 0 aromatic heterocycles. The fraction of sp³-hybridized carbons (Fsp3) is 0.692. The van der Waals surface area contributed by atoms with Crippen LogP contribution in [0.25, 0.3) is 0 Å². The van der Waals surface area contributed by atoms with Gasteiger partial charge in [0, 0.05) is 25.7 Å². The number of hydrogen-bond donors (Lipinski definition) is 2. The Bertz CT molecular complexity index is 764. The first-order valence-electron chi connectivity index (χ1n) is 12.1. The third-order valence-corrected chi connectivity index (χ3v) is 8.81. The van der Waals surface area contributed by atoms with Gasteiger partial charge in [-0.25, -0.2) is 0 Å². The van der Waals surface area contributed by atoms with Gasteiger partial charge in [-0.2, -0.15) is 0 Å². The first-order valence-corrected chi connectivity index (χ1v) is 12.5. The lowest BCUT2D eigenvalue weighted by molar-refractivity contribution is 0.0681. The monoisotopic (exact) mass is 443 g/mol. The van der Waals surface area contributed by atoms with E-state index >= 15 is 0 Å². The standard InChI is InChI=1S/C25H36ClN3O.CH2/c26-22-6-5-19(15-27-23-16-29-11-7-20(23)8-12-29)13-21(22)24(30)28-17-25-9-1-3-18(14-25)4-2-10-25;/h5-6,13,18,20,23,27H,1-4,7-12,14-17H2,(H,28,30);1H2. The maximum atomic E-state index is 13.0. The van der Waals surface area contributed by atoms with Crippen molar-refractivity contribution in [3.63, 3.8) is 0 Å². The van der Waals surface area contributed by atoms with Gasteiger partial charge in [0.25, 0.3) is 5.91 Å². The number of hydrogen-bond acceptors (Lipinski definition) is 3. The molecule has 5 heteroatoms. The number of carbonyl (C=O) groups is 1. The Morgan fingerprint density at radius 3 is 2.55 bits per heavy atom. The summed E-state index contributed by atoms with van der Waals surface area (Å²) in [6.45, 7) is 5.29. The summed E-state index contributed by atoms with van der Waals surface area (Å²) in [7, 11) is 0. The van der Waals surface area contributed by atoms with Crippen LogP contribution in [0.2, 0.25) is 5.02 Å². The van der Waals surface area contributed by atoms with E-state index < -0.39 is 0 Å². The predicted octanol–water partition coefficient (Wildman–Crippen LogP) is 4.94. The number of piperidine rings is 3. The molecule has 3 heterocycles. The molecule has 2 radical (unpaired) electrons. The van der Waals surface area contributed by atoms with Crippen molar-refractivity contribution in [1.29, 1.82) is 0 Å². The molecule has 1 aromatic rings. The van der Waals surface area contributed by atoms with Crippen molar-refractivity contribution < 1.29 is 4.79 Å². The average molecular weight is 444 g/mol. The van der Waals surface area contributed by atoms with E-state index in [1.807, 2.05) is 12.1 Å². The molecule has 4 nitrogen and oxygen atoms in total. The maximum Gasteiger partial charge on any atom is 0.252 e. The second-order valence-electron chi connectivity index (χ2n) is 10.5. The molecular weight excluding hydrogens is 406 g/mol. The van der Waals surface area contributed by atoms with Crippen LogP contribution in [0.4, 0.5) is 0 Å². The SMILES string of the molecule is O=C(NCC12CCCC(CCC1)C2)c1cc(CNC2CN3CCC2CC3)ccc1Cl.[CH2]. The van der Waals surface area contributed by atoms with E-state index in [2.05, 4.69) is 21.6 Å². The lowest BCUT2D eigenvalue weighted by Gasteiger charge is -2.45. The minimum Gasteiger partial charge on any atom is -0.351 e. The molecule has 2 saturated carbocycles. The number of fused-ring (bicyclic) bond motifs is 5. The number of nitrogens with zero attached hydrogens (tertiary/aromatic N) is 1. The molecule has 2 N–H and O–H groups in total. The highest BCUT2D eigenvalue weighted by molar-refractivity contribution is 6.33. The van der Waals surface area contributed by atoms with Gasteiger partial charge in [-0.15, -0.1) is 0 Å². The van der Waals surface area contributed by atoms with Crippen LogP contribution in [0, 0.1) is 24.7 Å². The van der Waals surface area contributed by atoms with Crippen molar-refractivity contribution in [2.75, 3.05) is 26.2 Å². The molecule has 1 atom stereocenters. The highest BCUT2D eigenvalue weighted by Gasteiger charge is 2.39. The number of halogens is 1. The second-order valence-corrected chi connectivity index (χ2v) is 10.9. The van der Waals surface area contributed by atoms with E-state index in [9.17, 15) is 4.79 Å². The van der Waals surface area contributed by atoms with Gasteiger partial charge >= 0.3 is 0 Å². The second kappa shape index (κ2) is 9.80. The molecule has 4 bridgehead atoms. The van der Waals surface area contributed by atoms with Crippen molar-refractivity contribution in [3.8, 4) is 0 Å². The van der Waals surface area contributed by atoms with Crippen molar-refractivity contribution in [3.05, 3.63) is 41.8 Å². The van der Waals surface area contributed by atoms with Crippen molar-refractivity contribution in [2.45, 2.75) is 70.4 Å². The summed E-state index contributed by atoms with van der Waals surface area (Å²) in [4.78, 5) is 15.6. The van der Waals surface area contributed by atoms with Crippen LogP contribution in [0.5, 0.6) is 0 Å². The van der Waals surface area contributed by atoms with Gasteiger partial charge in [0.2, 0.25) is 0 Å². The van der Waals surface area contributed by atoms with Crippen LogP contribution in [-0.4, -0.2) is 43.0 Å². The van der Waals surface area contributed by atoms with Gasteiger partial charge in [-0.1, -0.05) is 50.8 Å². The van der Waals surface area contributed by atoms with Crippen LogP contribution in [0.1, 0.15) is 73.7 Å². The summed E-state index contributed by atoms with van der Waals surface area (Å²) in [6.07, 6.45) is 11.9. The van der Waals surface area contributed by atoms with Gasteiger partial charge in [0.15, 0.2) is 0 Å². The lowest BCUT2D eigenvalue weighted by atomic mass is 9.62. The Balaban J connectivity index is 0.00000231. The fourth-order valence-corrected chi connectivity index (χ4v) is 6.94. The molecule has 3 aliphatic heterocycles. The minimum atomic E-state index is -0.00763. The molecule has 3 saturated heterocycles. The summed E-state index contributed by atoms with van der Waals surface area (Å²) in [5.41, 5.74) is 2.11. The number of rotatable bonds is 6. The van der Waals surface area contributed by atoms with Gasteiger partial charge in [0.1, 0.15) is 0 Å². The van der Waals surface area contributed by atoms with E-state index in [4.69, 9.17) is 11.6 Å². The molecule has 5 aliphatic rings. The van der Waals surface area contributed by atoms with Gasteiger partial charge in [-0.3, -0.25) is 4.79 Å². The summed E-state index contributed by atoms with van der Waals surface area (Å²) >= 11 is 6.43. The Morgan fingerprint density at radius 2 is 1.87 bits per heavy atom. The van der Waals surface area contributed by atoms with E-state index in [-0.39, 0.29) is 13.3 Å².